The van der Waals surface area contributed by atoms with Crippen molar-refractivity contribution in [1.29, 1.82) is 0 Å². The van der Waals surface area contributed by atoms with Gasteiger partial charge in [0.15, 0.2) is 0 Å². The molecule has 0 saturated heterocycles. The standard InChI is InChI=1S/C14H9FN4O2/c15-10-7-4-8-11(12(10)14(20)21)19-17-13(16-18-19)9-5-2-1-3-6-9/h1-8H,(H,20,21). The van der Waals surface area contributed by atoms with Gasteiger partial charge in [-0.3, -0.25) is 0 Å². The van der Waals surface area contributed by atoms with Crippen molar-refractivity contribution < 1.29 is 14.3 Å². The van der Waals surface area contributed by atoms with E-state index >= 15 is 0 Å². The number of tetrazole rings is 1. The summed E-state index contributed by atoms with van der Waals surface area (Å²) in [6, 6.07) is 13.0. The Morgan fingerprint density at radius 1 is 1.10 bits per heavy atom. The molecule has 0 radical (unpaired) electrons. The van der Waals surface area contributed by atoms with Crippen molar-refractivity contribution in [3.63, 3.8) is 0 Å². The summed E-state index contributed by atoms with van der Waals surface area (Å²) < 4.78 is 13.6. The van der Waals surface area contributed by atoms with Crippen molar-refractivity contribution in [2.75, 3.05) is 0 Å². The molecular formula is C14H9FN4O2. The number of aromatic carboxylic acids is 1. The van der Waals surface area contributed by atoms with Crippen LogP contribution in [0.5, 0.6) is 0 Å². The molecule has 0 aliphatic rings. The zero-order chi connectivity index (χ0) is 14.8. The zero-order valence-corrected chi connectivity index (χ0v) is 10.6. The molecule has 0 saturated carbocycles. The van der Waals surface area contributed by atoms with E-state index in [-0.39, 0.29) is 5.69 Å². The van der Waals surface area contributed by atoms with E-state index in [2.05, 4.69) is 15.4 Å². The fraction of sp³-hybridized carbons (Fsp3) is 0. The summed E-state index contributed by atoms with van der Waals surface area (Å²) in [5, 5.41) is 20.9. The second kappa shape index (κ2) is 5.12. The molecule has 3 rings (SSSR count). The summed E-state index contributed by atoms with van der Waals surface area (Å²) in [6.07, 6.45) is 0. The van der Waals surface area contributed by atoms with Crippen molar-refractivity contribution in [2.45, 2.75) is 0 Å². The van der Waals surface area contributed by atoms with E-state index in [1.165, 1.54) is 12.1 Å². The highest BCUT2D eigenvalue weighted by atomic mass is 19.1. The van der Waals surface area contributed by atoms with Crippen LogP contribution in [0.25, 0.3) is 17.1 Å². The number of carboxylic acids is 1. The highest BCUT2D eigenvalue weighted by molar-refractivity contribution is 5.92. The van der Waals surface area contributed by atoms with Crippen molar-refractivity contribution in [3.8, 4) is 17.1 Å². The van der Waals surface area contributed by atoms with Crippen LogP contribution in [0.3, 0.4) is 0 Å². The van der Waals surface area contributed by atoms with E-state index in [1.807, 2.05) is 18.2 Å². The molecule has 0 aliphatic carbocycles. The highest BCUT2D eigenvalue weighted by Crippen LogP contribution is 2.18. The third-order valence-corrected chi connectivity index (χ3v) is 2.87. The van der Waals surface area contributed by atoms with Crippen LogP contribution in [0.15, 0.2) is 48.5 Å². The van der Waals surface area contributed by atoms with Gasteiger partial charge in [-0.25, -0.2) is 9.18 Å². The molecule has 21 heavy (non-hydrogen) atoms. The lowest BCUT2D eigenvalue weighted by Crippen LogP contribution is -2.10. The molecule has 0 amide bonds. The van der Waals surface area contributed by atoms with Gasteiger partial charge in [-0.15, -0.1) is 15.0 Å². The van der Waals surface area contributed by atoms with Crippen LogP contribution in [0.1, 0.15) is 10.4 Å². The molecule has 0 unspecified atom stereocenters. The van der Waals surface area contributed by atoms with Gasteiger partial charge < -0.3 is 5.11 Å². The lowest BCUT2D eigenvalue weighted by Gasteiger charge is -2.04. The summed E-state index contributed by atoms with van der Waals surface area (Å²) in [5.41, 5.74) is 0.267. The Labute approximate surface area is 118 Å². The van der Waals surface area contributed by atoms with Gasteiger partial charge in [-0.2, -0.15) is 0 Å². The van der Waals surface area contributed by atoms with Gasteiger partial charge in [0.2, 0.25) is 5.82 Å². The molecule has 2 aromatic carbocycles. The molecule has 1 heterocycles. The number of halogens is 1. The summed E-state index contributed by atoms with van der Waals surface area (Å²) >= 11 is 0. The molecule has 0 fully saturated rings. The van der Waals surface area contributed by atoms with E-state index in [1.54, 1.807) is 12.1 Å². The zero-order valence-electron chi connectivity index (χ0n) is 10.6. The second-order valence-corrected chi connectivity index (χ2v) is 4.21. The minimum atomic E-state index is -1.39. The van der Waals surface area contributed by atoms with Crippen molar-refractivity contribution in [2.24, 2.45) is 0 Å². The maximum Gasteiger partial charge on any atom is 0.340 e. The van der Waals surface area contributed by atoms with E-state index < -0.39 is 17.3 Å². The Morgan fingerprint density at radius 2 is 1.86 bits per heavy atom. The average Bonchev–Trinajstić information content (AvgIpc) is 2.97. The molecule has 7 heteroatoms. The van der Waals surface area contributed by atoms with Crippen LogP contribution < -0.4 is 0 Å². The van der Waals surface area contributed by atoms with Crippen molar-refractivity contribution in [1.82, 2.24) is 20.2 Å². The van der Waals surface area contributed by atoms with Crippen LogP contribution in [0.2, 0.25) is 0 Å². The first-order chi connectivity index (χ1) is 10.2. The van der Waals surface area contributed by atoms with Gasteiger partial charge in [0.1, 0.15) is 17.1 Å². The topological polar surface area (TPSA) is 80.9 Å². The molecule has 6 nitrogen and oxygen atoms in total. The van der Waals surface area contributed by atoms with Gasteiger partial charge in [0.25, 0.3) is 0 Å². The third-order valence-electron chi connectivity index (χ3n) is 2.87. The molecule has 0 spiro atoms. The van der Waals surface area contributed by atoms with Crippen LogP contribution in [0.4, 0.5) is 4.39 Å². The quantitative estimate of drug-likeness (QED) is 0.797. The third kappa shape index (κ3) is 2.36. The van der Waals surface area contributed by atoms with E-state index in [4.69, 9.17) is 5.11 Å². The Hall–Kier alpha value is -3.09. The molecule has 1 N–H and O–H groups in total. The first kappa shape index (κ1) is 12.9. The SMILES string of the molecule is O=C(O)c1c(F)cccc1-n1nnc(-c2ccccc2)n1. The normalized spacial score (nSPS) is 10.5. The van der Waals surface area contributed by atoms with E-state index in [9.17, 15) is 9.18 Å². The molecular weight excluding hydrogens is 275 g/mol. The lowest BCUT2D eigenvalue weighted by molar-refractivity contribution is 0.0691. The minimum Gasteiger partial charge on any atom is -0.478 e. The van der Waals surface area contributed by atoms with Gasteiger partial charge in [-0.1, -0.05) is 36.4 Å². The maximum absolute atomic E-state index is 13.6. The number of nitrogens with zero attached hydrogens (tertiary/aromatic N) is 4. The number of hydrogen-bond acceptors (Lipinski definition) is 4. The second-order valence-electron chi connectivity index (χ2n) is 4.21. The average molecular weight is 284 g/mol. The maximum atomic E-state index is 13.6. The number of carboxylic acid groups (broad SMARTS) is 1. The number of rotatable bonds is 3. The number of benzene rings is 2. The first-order valence-corrected chi connectivity index (χ1v) is 6.04. The Balaban J connectivity index is 2.09. The lowest BCUT2D eigenvalue weighted by atomic mass is 10.1. The molecule has 104 valence electrons. The Bertz CT molecular complexity index is 802. The van der Waals surface area contributed by atoms with Gasteiger partial charge in [0, 0.05) is 5.56 Å². The fourth-order valence-corrected chi connectivity index (χ4v) is 1.91. The molecule has 0 aliphatic heterocycles. The first-order valence-electron chi connectivity index (χ1n) is 6.04. The largest absolute Gasteiger partial charge is 0.478 e. The highest BCUT2D eigenvalue weighted by Gasteiger charge is 2.19. The molecule has 3 aromatic rings. The van der Waals surface area contributed by atoms with Crippen molar-refractivity contribution >= 4 is 5.97 Å². The molecule has 0 atom stereocenters. The predicted molar refractivity (Wildman–Crippen MR) is 71.5 cm³/mol. The van der Waals surface area contributed by atoms with Gasteiger partial charge in [-0.05, 0) is 17.3 Å². The molecule has 0 bridgehead atoms. The van der Waals surface area contributed by atoms with E-state index in [0.717, 1.165) is 16.4 Å². The summed E-state index contributed by atoms with van der Waals surface area (Å²) in [7, 11) is 0. The number of aromatic nitrogens is 4. The predicted octanol–water partition coefficient (Wildman–Crippen LogP) is 2.17. The Kier molecular flexibility index (Phi) is 3.15. The van der Waals surface area contributed by atoms with Crippen LogP contribution in [-0.4, -0.2) is 31.3 Å². The number of hydrogen-bond donors (Lipinski definition) is 1. The Morgan fingerprint density at radius 3 is 2.57 bits per heavy atom. The summed E-state index contributed by atoms with van der Waals surface area (Å²) in [4.78, 5) is 12.2. The minimum absolute atomic E-state index is 0.0252. The smallest absolute Gasteiger partial charge is 0.340 e. The van der Waals surface area contributed by atoms with E-state index in [0.29, 0.717) is 5.82 Å². The molecule has 1 aromatic heterocycles. The monoisotopic (exact) mass is 284 g/mol. The van der Waals surface area contributed by atoms with Crippen LogP contribution >= 0.6 is 0 Å². The van der Waals surface area contributed by atoms with Crippen LogP contribution in [0, 0.1) is 5.82 Å². The fourth-order valence-electron chi connectivity index (χ4n) is 1.91. The van der Waals surface area contributed by atoms with Gasteiger partial charge in [0.05, 0.1) is 0 Å². The number of carbonyl (C=O) groups is 1. The summed E-state index contributed by atoms with van der Waals surface area (Å²) in [5.74, 6) is -1.91. The summed E-state index contributed by atoms with van der Waals surface area (Å²) in [6.45, 7) is 0. The van der Waals surface area contributed by atoms with Gasteiger partial charge >= 0.3 is 5.97 Å². The van der Waals surface area contributed by atoms with Crippen molar-refractivity contribution in [3.05, 3.63) is 59.9 Å². The van der Waals surface area contributed by atoms with Crippen LogP contribution in [-0.2, 0) is 0 Å².